The number of rotatable bonds is 7. The fourth-order valence-corrected chi connectivity index (χ4v) is 6.98. The van der Waals surface area contributed by atoms with E-state index in [0.29, 0.717) is 19.5 Å². The second-order valence-corrected chi connectivity index (χ2v) is 16.3. The summed E-state index contributed by atoms with van der Waals surface area (Å²) in [6, 6.07) is 6.83. The summed E-state index contributed by atoms with van der Waals surface area (Å²) in [5, 5.41) is 1.54. The minimum absolute atomic E-state index is 0.223. The zero-order valence-electron chi connectivity index (χ0n) is 18.0. The number of aromatic nitrogens is 1. The molecule has 0 N–H and O–H groups in total. The van der Waals surface area contributed by atoms with Crippen LogP contribution in [0.15, 0.2) is 28.9 Å². The number of fused-ring (bicyclic) bond motifs is 1. The van der Waals surface area contributed by atoms with Gasteiger partial charge in [-0.05, 0) is 51.8 Å². The van der Waals surface area contributed by atoms with Crippen molar-refractivity contribution in [2.24, 2.45) is 0 Å². The van der Waals surface area contributed by atoms with Crippen molar-refractivity contribution >= 4 is 54.6 Å². The monoisotopic (exact) mass is 481 g/mol. The van der Waals surface area contributed by atoms with Gasteiger partial charge in [-0.15, -0.1) is 0 Å². The third kappa shape index (κ3) is 4.38. The predicted molar refractivity (Wildman–Crippen MR) is 124 cm³/mol. The van der Waals surface area contributed by atoms with Crippen molar-refractivity contribution < 1.29 is 8.85 Å². The first kappa shape index (κ1) is 23.1. The van der Waals surface area contributed by atoms with Crippen LogP contribution in [-0.2, 0) is 14.3 Å². The molecule has 1 heterocycles. The number of hydrogen-bond donors (Lipinski definition) is 0. The Labute approximate surface area is 179 Å². The van der Waals surface area contributed by atoms with E-state index in [2.05, 4.69) is 92.3 Å². The van der Waals surface area contributed by atoms with Crippen LogP contribution < -0.4 is 0 Å². The summed E-state index contributed by atoms with van der Waals surface area (Å²) in [5.74, 6) is 0. The van der Waals surface area contributed by atoms with Gasteiger partial charge in [0.1, 0.15) is 6.29 Å². The summed E-state index contributed by atoms with van der Waals surface area (Å²) in [5.41, 5.74) is 2.32. The molecule has 0 fully saturated rings. The predicted octanol–water partition coefficient (Wildman–Crippen LogP) is 6.23. The number of halogens is 1. The van der Waals surface area contributed by atoms with Gasteiger partial charge in [0.2, 0.25) is 19.5 Å². The topological polar surface area (TPSA) is 23.4 Å². The smallest absolute Gasteiger partial charge is 0.229 e. The van der Waals surface area contributed by atoms with Crippen molar-refractivity contribution in [2.75, 3.05) is 0 Å². The molecule has 27 heavy (non-hydrogen) atoms. The van der Waals surface area contributed by atoms with Crippen molar-refractivity contribution in [3.05, 3.63) is 34.4 Å². The largest absolute Gasteiger partial charge is 0.393 e. The molecule has 0 saturated carbocycles. The van der Waals surface area contributed by atoms with E-state index < -0.39 is 8.24 Å². The zero-order chi connectivity index (χ0) is 20.6. The van der Waals surface area contributed by atoms with Crippen molar-refractivity contribution in [2.45, 2.75) is 77.6 Å². The van der Waals surface area contributed by atoms with Gasteiger partial charge in [0.25, 0.3) is 0 Å². The Hall–Kier alpha value is -0.189. The molecule has 0 unspecified atom stereocenters. The molecule has 0 aliphatic heterocycles. The Bertz CT molecular complexity index is 790. The van der Waals surface area contributed by atoms with Gasteiger partial charge in [-0.25, -0.2) is 0 Å². The Morgan fingerprint density at radius 3 is 2.07 bits per heavy atom. The molecule has 0 aliphatic carbocycles. The molecule has 7 heteroatoms. The highest BCUT2D eigenvalue weighted by Gasteiger charge is 2.39. The molecule has 148 valence electrons. The lowest BCUT2D eigenvalue weighted by Crippen LogP contribution is -2.44. The molecule has 1 aromatic carbocycles. The average molecular weight is 483 g/mol. The van der Waals surface area contributed by atoms with Crippen molar-refractivity contribution in [1.29, 1.82) is 0 Å². The zero-order valence-corrected chi connectivity index (χ0v) is 22.6. The maximum absolute atomic E-state index is 5.95. The molecule has 0 saturated heterocycles. The lowest BCUT2D eigenvalue weighted by molar-refractivity contribution is -0.0432. The van der Waals surface area contributed by atoms with Gasteiger partial charge >= 0.3 is 0 Å². The van der Waals surface area contributed by atoms with Crippen molar-refractivity contribution in [1.82, 2.24) is 4.23 Å². The SMILES string of the molecule is C[Si]OC(O[Si]C)C(C)(C)c1ccc2c(c1)c(Br)cn2[Si](C)(C)C(C)(C)C. The van der Waals surface area contributed by atoms with Crippen LogP contribution in [0.4, 0.5) is 0 Å². The first-order chi connectivity index (χ1) is 12.4. The third-order valence-corrected chi connectivity index (χ3v) is 12.8. The second-order valence-electron chi connectivity index (χ2n) is 9.09. The molecular formula is C20H32BrNO2Si3. The van der Waals surface area contributed by atoms with E-state index in [1.807, 2.05) is 13.1 Å². The standard InChI is InChI=1S/C20H32BrNO2Si3/c1-19(2,3)27(8,9)22-13-16(21)15-12-14(10-11-17(15)22)20(4,5)18(23-25-6)24-26-7/h10-13,18H,1-9H3. The van der Waals surface area contributed by atoms with Crippen molar-refractivity contribution in [3.63, 3.8) is 0 Å². The van der Waals surface area contributed by atoms with Gasteiger partial charge in [-0.3, -0.25) is 0 Å². The van der Waals surface area contributed by atoms with Crippen molar-refractivity contribution in [3.8, 4) is 0 Å². The fourth-order valence-electron chi connectivity index (χ4n) is 3.08. The van der Waals surface area contributed by atoms with Gasteiger partial charge in [-0.2, -0.15) is 0 Å². The fraction of sp³-hybridized carbons (Fsp3) is 0.600. The van der Waals surface area contributed by atoms with E-state index in [0.717, 1.165) is 4.47 Å². The Morgan fingerprint density at radius 1 is 1.04 bits per heavy atom. The summed E-state index contributed by atoms with van der Waals surface area (Å²) < 4.78 is 15.6. The molecule has 0 bridgehead atoms. The molecule has 0 atom stereocenters. The maximum Gasteiger partial charge on any atom is 0.229 e. The second kappa shape index (κ2) is 8.28. The minimum Gasteiger partial charge on any atom is -0.393 e. The van der Waals surface area contributed by atoms with Gasteiger partial charge in [0, 0.05) is 27.0 Å². The van der Waals surface area contributed by atoms with E-state index in [4.69, 9.17) is 8.85 Å². The molecule has 0 amide bonds. The average Bonchev–Trinajstić information content (AvgIpc) is 2.90. The lowest BCUT2D eigenvalue weighted by Gasteiger charge is -2.38. The molecule has 0 spiro atoms. The maximum atomic E-state index is 5.95. The minimum atomic E-state index is -1.70. The van der Waals surface area contributed by atoms with Crippen LogP contribution in [0, 0.1) is 0 Å². The van der Waals surface area contributed by atoms with Gasteiger partial charge in [-0.1, -0.05) is 53.8 Å². The summed E-state index contributed by atoms with van der Waals surface area (Å²) >= 11 is 3.82. The molecular weight excluding hydrogens is 450 g/mol. The number of nitrogens with zero attached hydrogens (tertiary/aromatic N) is 1. The van der Waals surface area contributed by atoms with E-state index in [1.54, 1.807) is 0 Å². The van der Waals surface area contributed by atoms with E-state index in [-0.39, 0.29) is 16.7 Å². The van der Waals surface area contributed by atoms with Crippen LogP contribution in [-0.4, -0.2) is 38.3 Å². The van der Waals surface area contributed by atoms with E-state index in [1.165, 1.54) is 16.5 Å². The summed E-state index contributed by atoms with van der Waals surface area (Å²) in [4.78, 5) is 0. The summed E-state index contributed by atoms with van der Waals surface area (Å²) in [7, 11) is -0.882. The van der Waals surface area contributed by atoms with Gasteiger partial charge < -0.3 is 13.1 Å². The van der Waals surface area contributed by atoms with E-state index in [9.17, 15) is 0 Å². The quantitative estimate of drug-likeness (QED) is 0.345. The Balaban J connectivity index is 2.57. The lowest BCUT2D eigenvalue weighted by atomic mass is 9.83. The van der Waals surface area contributed by atoms with Gasteiger partial charge in [0.15, 0.2) is 8.24 Å². The Morgan fingerprint density at radius 2 is 1.59 bits per heavy atom. The Kier molecular flexibility index (Phi) is 7.08. The summed E-state index contributed by atoms with van der Waals surface area (Å²) in [6.07, 6.45) is 2.05. The van der Waals surface area contributed by atoms with Crippen LogP contribution in [0.2, 0.25) is 31.2 Å². The first-order valence-corrected chi connectivity index (χ1v) is 15.9. The highest BCUT2D eigenvalue weighted by atomic mass is 79.9. The summed E-state index contributed by atoms with van der Waals surface area (Å²) in [6.45, 7) is 20.5. The molecule has 2 aromatic rings. The molecule has 1 aromatic heterocycles. The number of hydrogen-bond acceptors (Lipinski definition) is 2. The van der Waals surface area contributed by atoms with Crippen LogP contribution in [0.3, 0.4) is 0 Å². The highest BCUT2D eigenvalue weighted by molar-refractivity contribution is 9.10. The molecule has 2 rings (SSSR count). The molecule has 4 radical (unpaired) electrons. The number of benzene rings is 1. The van der Waals surface area contributed by atoms with Crippen LogP contribution in [0.25, 0.3) is 10.9 Å². The van der Waals surface area contributed by atoms with Crippen LogP contribution in [0.1, 0.15) is 40.2 Å². The van der Waals surface area contributed by atoms with E-state index >= 15 is 0 Å². The van der Waals surface area contributed by atoms with Crippen LogP contribution >= 0.6 is 15.9 Å². The third-order valence-electron chi connectivity index (χ3n) is 5.98. The molecule has 0 aliphatic rings. The normalized spacial score (nSPS) is 13.7. The molecule has 3 nitrogen and oxygen atoms in total. The first-order valence-electron chi connectivity index (χ1n) is 9.34. The highest BCUT2D eigenvalue weighted by Crippen LogP contribution is 2.41. The van der Waals surface area contributed by atoms with Gasteiger partial charge in [0.05, 0.1) is 0 Å². The van der Waals surface area contributed by atoms with Crippen LogP contribution in [0.5, 0.6) is 0 Å².